The molecule has 3 heteroatoms. The van der Waals surface area contributed by atoms with Gasteiger partial charge in [-0.05, 0) is 50.3 Å². The Bertz CT molecular complexity index is 770. The van der Waals surface area contributed by atoms with E-state index in [1.54, 1.807) is 0 Å². The third-order valence-corrected chi connectivity index (χ3v) is 3.89. The van der Waals surface area contributed by atoms with E-state index in [9.17, 15) is 5.11 Å². The Kier molecular flexibility index (Phi) is 4.01. The summed E-state index contributed by atoms with van der Waals surface area (Å²) in [5.74, 6) is 0. The van der Waals surface area contributed by atoms with E-state index in [0.717, 1.165) is 28.9 Å². The van der Waals surface area contributed by atoms with E-state index in [4.69, 9.17) is 0 Å². The van der Waals surface area contributed by atoms with E-state index in [2.05, 4.69) is 59.8 Å². The molecule has 0 aliphatic rings. The SMILES string of the molecule is CC(O)c1cc2ccccn2c1-c1ccc(CN(C)C)cc1. The van der Waals surface area contributed by atoms with Crippen molar-refractivity contribution in [1.29, 1.82) is 0 Å². The third kappa shape index (κ3) is 2.78. The monoisotopic (exact) mass is 294 g/mol. The summed E-state index contributed by atoms with van der Waals surface area (Å²) in [5.41, 5.74) is 5.55. The van der Waals surface area contributed by atoms with Crippen LogP contribution >= 0.6 is 0 Å². The fourth-order valence-corrected chi connectivity index (χ4v) is 2.90. The largest absolute Gasteiger partial charge is 0.389 e. The molecule has 114 valence electrons. The molecule has 2 aromatic heterocycles. The second kappa shape index (κ2) is 5.95. The van der Waals surface area contributed by atoms with Gasteiger partial charge in [0.25, 0.3) is 0 Å². The summed E-state index contributed by atoms with van der Waals surface area (Å²) >= 11 is 0. The first-order valence-corrected chi connectivity index (χ1v) is 7.58. The zero-order chi connectivity index (χ0) is 15.7. The molecule has 0 bridgehead atoms. The lowest BCUT2D eigenvalue weighted by Crippen LogP contribution is -2.10. The lowest BCUT2D eigenvalue weighted by molar-refractivity contribution is 0.200. The average Bonchev–Trinajstić information content (AvgIpc) is 2.87. The van der Waals surface area contributed by atoms with Crippen molar-refractivity contribution in [2.75, 3.05) is 14.1 Å². The van der Waals surface area contributed by atoms with Crippen molar-refractivity contribution in [2.24, 2.45) is 0 Å². The van der Waals surface area contributed by atoms with Crippen LogP contribution in [-0.4, -0.2) is 28.5 Å². The Hall–Kier alpha value is -2.10. The molecule has 22 heavy (non-hydrogen) atoms. The van der Waals surface area contributed by atoms with Crippen molar-refractivity contribution in [3.05, 3.63) is 65.9 Å². The van der Waals surface area contributed by atoms with Crippen LogP contribution in [0.1, 0.15) is 24.2 Å². The first-order chi connectivity index (χ1) is 10.6. The molecule has 3 aromatic rings. The van der Waals surface area contributed by atoms with E-state index in [1.807, 2.05) is 25.3 Å². The van der Waals surface area contributed by atoms with Crippen LogP contribution in [0, 0.1) is 0 Å². The van der Waals surface area contributed by atoms with Gasteiger partial charge in [-0.15, -0.1) is 0 Å². The third-order valence-electron chi connectivity index (χ3n) is 3.89. The molecule has 0 fully saturated rings. The van der Waals surface area contributed by atoms with E-state index in [1.165, 1.54) is 5.56 Å². The summed E-state index contributed by atoms with van der Waals surface area (Å²) in [4.78, 5) is 2.16. The smallest absolute Gasteiger partial charge is 0.0783 e. The van der Waals surface area contributed by atoms with Crippen LogP contribution in [0.4, 0.5) is 0 Å². The van der Waals surface area contributed by atoms with Crippen LogP contribution in [0.25, 0.3) is 16.8 Å². The van der Waals surface area contributed by atoms with Crippen LogP contribution in [0.3, 0.4) is 0 Å². The zero-order valence-electron chi connectivity index (χ0n) is 13.3. The lowest BCUT2D eigenvalue weighted by Gasteiger charge is -2.12. The van der Waals surface area contributed by atoms with Gasteiger partial charge in [0, 0.05) is 23.8 Å². The number of hydrogen-bond acceptors (Lipinski definition) is 2. The fraction of sp³-hybridized carbons (Fsp3) is 0.263. The Labute approximate surface area is 131 Å². The predicted molar refractivity (Wildman–Crippen MR) is 90.9 cm³/mol. The van der Waals surface area contributed by atoms with Crippen molar-refractivity contribution < 1.29 is 5.11 Å². The van der Waals surface area contributed by atoms with Crippen molar-refractivity contribution >= 4 is 5.52 Å². The number of hydrogen-bond donors (Lipinski definition) is 1. The van der Waals surface area contributed by atoms with Crippen molar-refractivity contribution in [2.45, 2.75) is 19.6 Å². The molecule has 1 unspecified atom stereocenters. The maximum atomic E-state index is 10.1. The van der Waals surface area contributed by atoms with Crippen LogP contribution < -0.4 is 0 Å². The summed E-state index contributed by atoms with van der Waals surface area (Å²) < 4.78 is 2.14. The fourth-order valence-electron chi connectivity index (χ4n) is 2.90. The van der Waals surface area contributed by atoms with Gasteiger partial charge in [0.15, 0.2) is 0 Å². The van der Waals surface area contributed by atoms with Gasteiger partial charge in [-0.2, -0.15) is 0 Å². The molecule has 3 nitrogen and oxygen atoms in total. The number of nitrogens with zero attached hydrogens (tertiary/aromatic N) is 2. The quantitative estimate of drug-likeness (QED) is 0.794. The first-order valence-electron chi connectivity index (χ1n) is 7.58. The highest BCUT2D eigenvalue weighted by Crippen LogP contribution is 2.31. The predicted octanol–water partition coefficient (Wildman–Crippen LogP) is 3.72. The van der Waals surface area contributed by atoms with Crippen molar-refractivity contribution in [3.63, 3.8) is 0 Å². The topological polar surface area (TPSA) is 27.9 Å². The minimum atomic E-state index is -0.489. The molecular formula is C19H22N2O. The van der Waals surface area contributed by atoms with Crippen molar-refractivity contribution in [3.8, 4) is 11.3 Å². The second-order valence-electron chi connectivity index (χ2n) is 6.05. The van der Waals surface area contributed by atoms with Gasteiger partial charge in [0.1, 0.15) is 0 Å². The number of fused-ring (bicyclic) bond motifs is 1. The van der Waals surface area contributed by atoms with Gasteiger partial charge in [0.2, 0.25) is 0 Å². The molecule has 1 atom stereocenters. The van der Waals surface area contributed by atoms with E-state index >= 15 is 0 Å². The molecule has 0 radical (unpaired) electrons. The van der Waals surface area contributed by atoms with Gasteiger partial charge < -0.3 is 14.4 Å². The van der Waals surface area contributed by atoms with Crippen LogP contribution in [0.2, 0.25) is 0 Å². The second-order valence-corrected chi connectivity index (χ2v) is 6.05. The van der Waals surface area contributed by atoms with Gasteiger partial charge in [0.05, 0.1) is 11.8 Å². The molecule has 2 heterocycles. The molecule has 0 saturated carbocycles. The minimum absolute atomic E-state index is 0.489. The number of aliphatic hydroxyl groups excluding tert-OH is 1. The van der Waals surface area contributed by atoms with Gasteiger partial charge >= 0.3 is 0 Å². The molecule has 3 rings (SSSR count). The molecular weight excluding hydrogens is 272 g/mol. The molecule has 0 aliphatic heterocycles. The highest BCUT2D eigenvalue weighted by molar-refractivity contribution is 5.72. The number of aromatic nitrogens is 1. The standard InChI is InChI=1S/C19H22N2O/c1-14(22)18-12-17-6-4-5-11-21(17)19(18)16-9-7-15(8-10-16)13-20(2)3/h4-12,14,22H,13H2,1-3H3. The summed E-state index contributed by atoms with van der Waals surface area (Å²) in [6.45, 7) is 2.75. The number of rotatable bonds is 4. The molecule has 0 saturated heterocycles. The van der Waals surface area contributed by atoms with E-state index in [-0.39, 0.29) is 0 Å². The minimum Gasteiger partial charge on any atom is -0.389 e. The van der Waals surface area contributed by atoms with Crippen LogP contribution in [0.5, 0.6) is 0 Å². The van der Waals surface area contributed by atoms with E-state index in [0.29, 0.717) is 0 Å². The number of benzene rings is 1. The highest BCUT2D eigenvalue weighted by Gasteiger charge is 2.15. The molecule has 0 aliphatic carbocycles. The average molecular weight is 294 g/mol. The van der Waals surface area contributed by atoms with Gasteiger partial charge in [-0.3, -0.25) is 0 Å². The Morgan fingerprint density at radius 1 is 1.09 bits per heavy atom. The maximum absolute atomic E-state index is 10.1. The van der Waals surface area contributed by atoms with Gasteiger partial charge in [-0.1, -0.05) is 30.3 Å². The molecule has 1 aromatic carbocycles. The Morgan fingerprint density at radius 2 is 1.82 bits per heavy atom. The maximum Gasteiger partial charge on any atom is 0.0783 e. The Morgan fingerprint density at radius 3 is 2.45 bits per heavy atom. The zero-order valence-corrected chi connectivity index (χ0v) is 13.3. The normalized spacial score (nSPS) is 13.0. The Balaban J connectivity index is 2.10. The summed E-state index contributed by atoms with van der Waals surface area (Å²) in [6, 6.07) is 16.8. The molecule has 0 amide bonds. The van der Waals surface area contributed by atoms with Gasteiger partial charge in [-0.25, -0.2) is 0 Å². The number of pyridine rings is 1. The lowest BCUT2D eigenvalue weighted by atomic mass is 10.0. The number of aliphatic hydroxyl groups is 1. The van der Waals surface area contributed by atoms with Crippen LogP contribution in [-0.2, 0) is 6.54 Å². The van der Waals surface area contributed by atoms with Crippen molar-refractivity contribution in [1.82, 2.24) is 9.30 Å². The summed E-state index contributed by atoms with van der Waals surface area (Å²) in [5, 5.41) is 10.1. The molecule has 0 spiro atoms. The van der Waals surface area contributed by atoms with Crippen LogP contribution in [0.15, 0.2) is 54.7 Å². The van der Waals surface area contributed by atoms with E-state index < -0.39 is 6.10 Å². The molecule has 1 N–H and O–H groups in total. The summed E-state index contributed by atoms with van der Waals surface area (Å²) in [6.07, 6.45) is 1.56. The highest BCUT2D eigenvalue weighted by atomic mass is 16.3. The summed E-state index contributed by atoms with van der Waals surface area (Å²) in [7, 11) is 4.14. The first kappa shape index (κ1) is 14.8.